The van der Waals surface area contributed by atoms with Crippen molar-refractivity contribution in [1.82, 2.24) is 0 Å². The molecule has 7 heteroatoms. The van der Waals surface area contributed by atoms with E-state index in [0.29, 0.717) is 33.9 Å². The highest BCUT2D eigenvalue weighted by Crippen LogP contribution is 2.44. The monoisotopic (exact) mass is 496 g/mol. The number of aliphatic hydroxyl groups is 1. The summed E-state index contributed by atoms with van der Waals surface area (Å²) < 4.78 is 10.8. The number of aliphatic hydroxyl groups excluding tert-OH is 1. The minimum atomic E-state index is -0.915. The van der Waals surface area contributed by atoms with E-state index in [-0.39, 0.29) is 16.7 Å². The summed E-state index contributed by atoms with van der Waals surface area (Å²) in [7, 11) is 3.03. The molecular weight excluding hydrogens is 468 g/mol. The Labute approximate surface area is 216 Å². The van der Waals surface area contributed by atoms with Gasteiger partial charge in [0.1, 0.15) is 17.3 Å². The SMILES string of the molecule is COc1ccc(C2/C(=C(\O)c3cc(C(C)(C)C)ccc3OC)C(=O)C(=O)N2c2ccc(C#N)cc2)cc1. The molecule has 3 aromatic carbocycles. The Balaban J connectivity index is 1.98. The van der Waals surface area contributed by atoms with Gasteiger partial charge in [0.2, 0.25) is 0 Å². The number of nitrogens with zero attached hydrogens (tertiary/aromatic N) is 2. The molecule has 1 N–H and O–H groups in total. The van der Waals surface area contributed by atoms with Crippen molar-refractivity contribution in [3.63, 3.8) is 0 Å². The Morgan fingerprint density at radius 1 is 0.946 bits per heavy atom. The largest absolute Gasteiger partial charge is 0.507 e. The van der Waals surface area contributed by atoms with Gasteiger partial charge in [-0.2, -0.15) is 5.26 Å². The topological polar surface area (TPSA) is 99.9 Å². The van der Waals surface area contributed by atoms with Crippen LogP contribution < -0.4 is 14.4 Å². The van der Waals surface area contributed by atoms with Crippen LogP contribution in [-0.4, -0.2) is 31.0 Å². The molecule has 4 rings (SSSR count). The summed E-state index contributed by atoms with van der Waals surface area (Å²) in [6, 6.07) is 19.9. The van der Waals surface area contributed by atoms with Crippen molar-refractivity contribution >= 4 is 23.1 Å². The second-order valence-corrected chi connectivity index (χ2v) is 9.77. The third-order valence-corrected chi connectivity index (χ3v) is 6.47. The molecule has 1 saturated heterocycles. The maximum Gasteiger partial charge on any atom is 0.300 e. The summed E-state index contributed by atoms with van der Waals surface area (Å²) in [4.78, 5) is 28.2. The first-order chi connectivity index (χ1) is 17.6. The number of Topliss-reactive ketones (excluding diaryl/α,β-unsaturated/α-hetero) is 1. The molecule has 3 aromatic rings. The number of benzene rings is 3. The van der Waals surface area contributed by atoms with Crippen LogP contribution in [-0.2, 0) is 15.0 Å². The van der Waals surface area contributed by atoms with E-state index >= 15 is 0 Å². The van der Waals surface area contributed by atoms with Crippen molar-refractivity contribution in [3.05, 3.63) is 94.6 Å². The smallest absolute Gasteiger partial charge is 0.300 e. The van der Waals surface area contributed by atoms with E-state index in [2.05, 4.69) is 6.07 Å². The fourth-order valence-corrected chi connectivity index (χ4v) is 4.40. The molecule has 1 amide bonds. The number of ether oxygens (including phenoxy) is 2. The second-order valence-electron chi connectivity index (χ2n) is 9.77. The van der Waals surface area contributed by atoms with Gasteiger partial charge in [-0.3, -0.25) is 14.5 Å². The van der Waals surface area contributed by atoms with Gasteiger partial charge in [-0.15, -0.1) is 0 Å². The van der Waals surface area contributed by atoms with Gasteiger partial charge in [0.25, 0.3) is 11.7 Å². The lowest BCUT2D eigenvalue weighted by Crippen LogP contribution is -2.29. The Hall–Kier alpha value is -4.57. The first-order valence-corrected chi connectivity index (χ1v) is 11.7. The average Bonchev–Trinajstić information content (AvgIpc) is 3.17. The number of carbonyl (C=O) groups is 2. The van der Waals surface area contributed by atoms with Crippen LogP contribution in [0.2, 0.25) is 0 Å². The lowest BCUT2D eigenvalue weighted by molar-refractivity contribution is -0.132. The molecule has 1 atom stereocenters. The molecule has 0 bridgehead atoms. The molecule has 1 aliphatic rings. The quantitative estimate of drug-likeness (QED) is 0.284. The number of rotatable bonds is 5. The molecule has 0 radical (unpaired) electrons. The predicted octanol–water partition coefficient (Wildman–Crippen LogP) is 5.50. The highest BCUT2D eigenvalue weighted by Gasteiger charge is 2.47. The number of methoxy groups -OCH3 is 2. The van der Waals surface area contributed by atoms with Crippen molar-refractivity contribution in [2.45, 2.75) is 32.2 Å². The van der Waals surface area contributed by atoms with Crippen LogP contribution in [0.3, 0.4) is 0 Å². The average molecular weight is 497 g/mol. The Morgan fingerprint density at radius 3 is 2.14 bits per heavy atom. The predicted molar refractivity (Wildman–Crippen MR) is 141 cm³/mol. The number of hydrogen-bond donors (Lipinski definition) is 1. The standard InChI is InChI=1S/C30H28N2O5/c1-30(2,3)20-10-15-24(37-5)23(16-20)27(33)25-26(19-8-13-22(36-4)14-9-19)32(29(35)28(25)34)21-11-6-18(17-31)7-12-21/h6-16,26,33H,1-5H3/b27-25+. The first kappa shape index (κ1) is 25.5. The fraction of sp³-hybridized carbons (Fsp3) is 0.233. The van der Waals surface area contributed by atoms with E-state index < -0.39 is 17.7 Å². The summed E-state index contributed by atoms with van der Waals surface area (Å²) in [5.74, 6) is -0.927. The van der Waals surface area contributed by atoms with Crippen LogP contribution in [0, 0.1) is 11.3 Å². The van der Waals surface area contributed by atoms with E-state index in [1.807, 2.05) is 26.8 Å². The van der Waals surface area contributed by atoms with Crippen molar-refractivity contribution in [2.24, 2.45) is 0 Å². The van der Waals surface area contributed by atoms with Gasteiger partial charge in [0, 0.05) is 5.69 Å². The normalized spacial score (nSPS) is 17.0. The molecular formula is C30H28N2O5. The molecule has 0 aromatic heterocycles. The van der Waals surface area contributed by atoms with E-state index in [1.165, 1.54) is 12.0 Å². The number of hydrogen-bond acceptors (Lipinski definition) is 6. The third-order valence-electron chi connectivity index (χ3n) is 6.47. The Bertz CT molecular complexity index is 1420. The van der Waals surface area contributed by atoms with Gasteiger partial charge < -0.3 is 14.6 Å². The zero-order valence-electron chi connectivity index (χ0n) is 21.4. The number of amides is 1. The summed E-state index contributed by atoms with van der Waals surface area (Å²) in [5.41, 5.74) is 2.43. The van der Waals surface area contributed by atoms with Gasteiger partial charge in [-0.25, -0.2) is 0 Å². The molecule has 0 spiro atoms. The van der Waals surface area contributed by atoms with Crippen LogP contribution in [0.4, 0.5) is 5.69 Å². The molecule has 7 nitrogen and oxygen atoms in total. The van der Waals surface area contributed by atoms with Crippen LogP contribution in [0.25, 0.3) is 5.76 Å². The summed E-state index contributed by atoms with van der Waals surface area (Å²) >= 11 is 0. The van der Waals surface area contributed by atoms with Crippen molar-refractivity contribution in [1.29, 1.82) is 5.26 Å². The minimum Gasteiger partial charge on any atom is -0.507 e. The molecule has 188 valence electrons. The number of anilines is 1. The Morgan fingerprint density at radius 2 is 1.59 bits per heavy atom. The van der Waals surface area contributed by atoms with Crippen molar-refractivity contribution in [3.8, 4) is 17.6 Å². The first-order valence-electron chi connectivity index (χ1n) is 11.7. The number of ketones is 1. The summed E-state index contributed by atoms with van der Waals surface area (Å²) in [5, 5.41) is 20.8. The number of nitriles is 1. The van der Waals surface area contributed by atoms with Crippen LogP contribution in [0.5, 0.6) is 11.5 Å². The van der Waals surface area contributed by atoms with E-state index in [9.17, 15) is 20.0 Å². The molecule has 0 saturated carbocycles. The molecule has 1 heterocycles. The van der Waals surface area contributed by atoms with Gasteiger partial charge in [0.15, 0.2) is 0 Å². The zero-order chi connectivity index (χ0) is 26.9. The zero-order valence-corrected chi connectivity index (χ0v) is 21.4. The third kappa shape index (κ3) is 4.66. The van der Waals surface area contributed by atoms with Gasteiger partial charge >= 0.3 is 0 Å². The lowest BCUT2D eigenvalue weighted by atomic mass is 9.85. The molecule has 1 fully saturated rings. The molecule has 0 aliphatic carbocycles. The van der Waals surface area contributed by atoms with Crippen LogP contribution >= 0.6 is 0 Å². The van der Waals surface area contributed by atoms with Crippen LogP contribution in [0.1, 0.15) is 49.1 Å². The maximum atomic E-state index is 13.5. The highest BCUT2D eigenvalue weighted by molar-refractivity contribution is 6.51. The Kier molecular flexibility index (Phi) is 6.78. The van der Waals surface area contributed by atoms with E-state index in [1.54, 1.807) is 67.8 Å². The highest BCUT2D eigenvalue weighted by atomic mass is 16.5. The summed E-state index contributed by atoms with van der Waals surface area (Å²) in [6.07, 6.45) is 0. The molecule has 1 unspecified atom stereocenters. The molecule has 37 heavy (non-hydrogen) atoms. The van der Waals surface area contributed by atoms with Gasteiger partial charge in [-0.1, -0.05) is 39.0 Å². The van der Waals surface area contributed by atoms with Gasteiger partial charge in [-0.05, 0) is 65.1 Å². The van der Waals surface area contributed by atoms with Crippen LogP contribution in [0.15, 0.2) is 72.3 Å². The van der Waals surface area contributed by atoms with E-state index in [0.717, 1.165) is 5.56 Å². The number of carbonyl (C=O) groups excluding carboxylic acids is 2. The molecule has 1 aliphatic heterocycles. The fourth-order valence-electron chi connectivity index (χ4n) is 4.40. The van der Waals surface area contributed by atoms with Crippen molar-refractivity contribution in [2.75, 3.05) is 19.1 Å². The maximum absolute atomic E-state index is 13.5. The second kappa shape index (κ2) is 9.82. The lowest BCUT2D eigenvalue weighted by Gasteiger charge is -2.26. The van der Waals surface area contributed by atoms with Crippen molar-refractivity contribution < 1.29 is 24.2 Å². The summed E-state index contributed by atoms with van der Waals surface area (Å²) in [6.45, 7) is 6.12. The van der Waals surface area contributed by atoms with E-state index in [4.69, 9.17) is 9.47 Å². The minimum absolute atomic E-state index is 0.0520. The van der Waals surface area contributed by atoms with Gasteiger partial charge in [0.05, 0.1) is 43.0 Å².